The Bertz CT molecular complexity index is 479. The van der Waals surface area contributed by atoms with Crippen molar-refractivity contribution in [3.05, 3.63) is 18.2 Å². The first-order valence-corrected chi connectivity index (χ1v) is 6.49. The van der Waals surface area contributed by atoms with Gasteiger partial charge in [0, 0.05) is 45.5 Å². The lowest BCUT2D eigenvalue weighted by Crippen LogP contribution is -2.50. The van der Waals surface area contributed by atoms with Crippen molar-refractivity contribution in [1.29, 1.82) is 0 Å². The van der Waals surface area contributed by atoms with Gasteiger partial charge in [-0.05, 0) is 0 Å². The molecule has 1 aromatic rings. The SMILES string of the molecule is COC(=O)N1CCN(C(=O)c2cn(CCN)cn2)CC1. The molecule has 1 aliphatic heterocycles. The minimum absolute atomic E-state index is 0.120. The fourth-order valence-corrected chi connectivity index (χ4v) is 2.13. The molecule has 2 amide bonds. The minimum Gasteiger partial charge on any atom is -0.453 e. The molecule has 0 aromatic carbocycles. The second-order valence-electron chi connectivity index (χ2n) is 4.53. The molecule has 110 valence electrons. The van der Waals surface area contributed by atoms with Gasteiger partial charge in [-0.2, -0.15) is 0 Å². The third-order valence-electron chi connectivity index (χ3n) is 3.24. The van der Waals surface area contributed by atoms with Gasteiger partial charge in [-0.1, -0.05) is 0 Å². The molecular formula is C12H19N5O3. The van der Waals surface area contributed by atoms with Crippen LogP contribution in [-0.2, 0) is 11.3 Å². The van der Waals surface area contributed by atoms with Gasteiger partial charge >= 0.3 is 6.09 Å². The summed E-state index contributed by atoms with van der Waals surface area (Å²) in [7, 11) is 1.35. The van der Waals surface area contributed by atoms with Crippen LogP contribution in [0.1, 0.15) is 10.5 Å². The van der Waals surface area contributed by atoms with Gasteiger partial charge in [0.2, 0.25) is 0 Å². The van der Waals surface area contributed by atoms with Crippen LogP contribution in [0.15, 0.2) is 12.5 Å². The van der Waals surface area contributed by atoms with Crippen molar-refractivity contribution in [3.8, 4) is 0 Å². The summed E-state index contributed by atoms with van der Waals surface area (Å²) in [6.45, 7) is 3.05. The molecule has 0 atom stereocenters. The molecule has 1 aliphatic rings. The Balaban J connectivity index is 1.92. The molecular weight excluding hydrogens is 262 g/mol. The number of methoxy groups -OCH3 is 1. The van der Waals surface area contributed by atoms with E-state index in [4.69, 9.17) is 5.73 Å². The number of hydrogen-bond acceptors (Lipinski definition) is 5. The summed E-state index contributed by atoms with van der Waals surface area (Å²) in [5, 5.41) is 0. The molecule has 0 radical (unpaired) electrons. The van der Waals surface area contributed by atoms with Crippen LogP contribution >= 0.6 is 0 Å². The number of piperazine rings is 1. The van der Waals surface area contributed by atoms with E-state index in [2.05, 4.69) is 9.72 Å². The summed E-state index contributed by atoms with van der Waals surface area (Å²) in [6, 6.07) is 0. The van der Waals surface area contributed by atoms with Gasteiger partial charge in [0.1, 0.15) is 5.69 Å². The number of ether oxygens (including phenoxy) is 1. The Morgan fingerprint density at radius 1 is 1.30 bits per heavy atom. The van der Waals surface area contributed by atoms with Crippen LogP contribution in [0.3, 0.4) is 0 Å². The largest absolute Gasteiger partial charge is 0.453 e. The number of hydrogen-bond donors (Lipinski definition) is 1. The van der Waals surface area contributed by atoms with Crippen LogP contribution in [0, 0.1) is 0 Å². The molecule has 1 aromatic heterocycles. The maximum absolute atomic E-state index is 12.2. The number of aromatic nitrogens is 2. The zero-order chi connectivity index (χ0) is 14.5. The number of rotatable bonds is 3. The van der Waals surface area contributed by atoms with E-state index in [9.17, 15) is 9.59 Å². The number of carbonyl (C=O) groups excluding carboxylic acids is 2. The molecule has 1 saturated heterocycles. The van der Waals surface area contributed by atoms with Crippen LogP contribution in [0.5, 0.6) is 0 Å². The Morgan fingerprint density at radius 2 is 1.95 bits per heavy atom. The van der Waals surface area contributed by atoms with E-state index in [0.29, 0.717) is 45.0 Å². The highest BCUT2D eigenvalue weighted by molar-refractivity contribution is 5.92. The third kappa shape index (κ3) is 3.08. The van der Waals surface area contributed by atoms with Crippen LogP contribution in [0.25, 0.3) is 0 Å². The van der Waals surface area contributed by atoms with E-state index in [1.54, 1.807) is 26.9 Å². The van der Waals surface area contributed by atoms with Crippen molar-refractivity contribution >= 4 is 12.0 Å². The molecule has 8 heteroatoms. The lowest BCUT2D eigenvalue weighted by molar-refractivity contribution is 0.0595. The Hall–Kier alpha value is -2.09. The van der Waals surface area contributed by atoms with Gasteiger partial charge in [-0.3, -0.25) is 4.79 Å². The summed E-state index contributed by atoms with van der Waals surface area (Å²) < 4.78 is 6.45. The number of carbonyl (C=O) groups is 2. The van der Waals surface area contributed by atoms with Crippen molar-refractivity contribution in [2.24, 2.45) is 5.73 Å². The van der Waals surface area contributed by atoms with Crippen molar-refractivity contribution in [1.82, 2.24) is 19.4 Å². The quantitative estimate of drug-likeness (QED) is 0.796. The van der Waals surface area contributed by atoms with Gasteiger partial charge in [0.05, 0.1) is 13.4 Å². The molecule has 0 saturated carbocycles. The maximum atomic E-state index is 12.2. The molecule has 0 unspecified atom stereocenters. The summed E-state index contributed by atoms with van der Waals surface area (Å²) in [4.78, 5) is 31.0. The molecule has 0 bridgehead atoms. The average molecular weight is 281 g/mol. The van der Waals surface area contributed by atoms with Gasteiger partial charge in [0.25, 0.3) is 5.91 Å². The van der Waals surface area contributed by atoms with Gasteiger partial charge in [0.15, 0.2) is 0 Å². The second kappa shape index (κ2) is 6.38. The highest BCUT2D eigenvalue weighted by Gasteiger charge is 2.26. The van der Waals surface area contributed by atoms with Crippen molar-refractivity contribution in [2.75, 3.05) is 39.8 Å². The highest BCUT2D eigenvalue weighted by atomic mass is 16.5. The molecule has 0 spiro atoms. The van der Waals surface area contributed by atoms with Gasteiger partial charge in [-0.15, -0.1) is 0 Å². The fraction of sp³-hybridized carbons (Fsp3) is 0.583. The fourth-order valence-electron chi connectivity index (χ4n) is 2.13. The summed E-state index contributed by atoms with van der Waals surface area (Å²) in [5.41, 5.74) is 5.86. The maximum Gasteiger partial charge on any atom is 0.409 e. The summed E-state index contributed by atoms with van der Waals surface area (Å²) >= 11 is 0. The zero-order valence-corrected chi connectivity index (χ0v) is 11.5. The lowest BCUT2D eigenvalue weighted by Gasteiger charge is -2.33. The number of nitrogens with zero attached hydrogens (tertiary/aromatic N) is 4. The van der Waals surface area contributed by atoms with Crippen LogP contribution in [-0.4, -0.2) is 71.2 Å². The number of nitrogens with two attached hydrogens (primary N) is 1. The zero-order valence-electron chi connectivity index (χ0n) is 11.5. The predicted molar refractivity (Wildman–Crippen MR) is 71.2 cm³/mol. The molecule has 2 N–H and O–H groups in total. The Kier molecular flexibility index (Phi) is 4.57. The monoisotopic (exact) mass is 281 g/mol. The van der Waals surface area contributed by atoms with Crippen molar-refractivity contribution in [2.45, 2.75) is 6.54 Å². The molecule has 2 rings (SSSR count). The van der Waals surface area contributed by atoms with Crippen LogP contribution in [0.4, 0.5) is 4.79 Å². The molecule has 2 heterocycles. The molecule has 0 aliphatic carbocycles. The molecule has 8 nitrogen and oxygen atoms in total. The Morgan fingerprint density at radius 3 is 2.55 bits per heavy atom. The lowest BCUT2D eigenvalue weighted by atomic mass is 10.3. The van der Waals surface area contributed by atoms with Crippen LogP contribution < -0.4 is 5.73 Å². The van der Waals surface area contributed by atoms with Crippen molar-refractivity contribution in [3.63, 3.8) is 0 Å². The topological polar surface area (TPSA) is 93.7 Å². The first-order valence-electron chi connectivity index (χ1n) is 6.49. The third-order valence-corrected chi connectivity index (χ3v) is 3.24. The van der Waals surface area contributed by atoms with E-state index in [1.807, 2.05) is 0 Å². The first-order chi connectivity index (χ1) is 9.65. The highest BCUT2D eigenvalue weighted by Crippen LogP contribution is 2.08. The average Bonchev–Trinajstić information content (AvgIpc) is 2.95. The van der Waals surface area contributed by atoms with E-state index >= 15 is 0 Å². The molecule has 20 heavy (non-hydrogen) atoms. The smallest absolute Gasteiger partial charge is 0.409 e. The van der Waals surface area contributed by atoms with E-state index in [-0.39, 0.29) is 12.0 Å². The number of imidazole rings is 1. The van der Waals surface area contributed by atoms with E-state index in [0.717, 1.165) is 0 Å². The second-order valence-corrected chi connectivity index (χ2v) is 4.53. The Labute approximate surface area is 117 Å². The summed E-state index contributed by atoms with van der Waals surface area (Å²) in [6.07, 6.45) is 2.94. The van der Waals surface area contributed by atoms with Crippen LogP contribution in [0.2, 0.25) is 0 Å². The first kappa shape index (κ1) is 14.3. The van der Waals surface area contributed by atoms with Gasteiger partial charge < -0.3 is 24.8 Å². The molecule has 1 fully saturated rings. The number of amides is 2. The standard InChI is InChI=1S/C12H19N5O3/c1-20-12(19)17-6-4-16(5-7-17)11(18)10-8-15(3-2-13)9-14-10/h8-9H,2-7,13H2,1H3. The normalized spacial score (nSPS) is 15.3. The summed E-state index contributed by atoms with van der Waals surface area (Å²) in [5.74, 6) is -0.120. The minimum atomic E-state index is -0.357. The van der Waals surface area contributed by atoms with Crippen molar-refractivity contribution < 1.29 is 14.3 Å². The predicted octanol–water partition coefficient (Wildman–Crippen LogP) is -0.634. The van der Waals surface area contributed by atoms with Gasteiger partial charge in [-0.25, -0.2) is 9.78 Å². The van der Waals surface area contributed by atoms with E-state index < -0.39 is 0 Å². The van der Waals surface area contributed by atoms with E-state index in [1.165, 1.54) is 7.11 Å².